The van der Waals surface area contributed by atoms with Crippen molar-refractivity contribution in [3.05, 3.63) is 18.2 Å². The number of ether oxygens (including phenoxy) is 1. The lowest BCUT2D eigenvalue weighted by Gasteiger charge is -2.11. The van der Waals surface area contributed by atoms with E-state index in [1.807, 2.05) is 13.0 Å². The average Bonchev–Trinajstić information content (AvgIpc) is 2.31. The van der Waals surface area contributed by atoms with Crippen LogP contribution in [0, 0.1) is 5.92 Å². The quantitative estimate of drug-likeness (QED) is 0.603. The van der Waals surface area contributed by atoms with Gasteiger partial charge in [0.15, 0.2) is 0 Å². The van der Waals surface area contributed by atoms with E-state index in [2.05, 4.69) is 0 Å². The van der Waals surface area contributed by atoms with E-state index in [-0.39, 0.29) is 5.92 Å². The fourth-order valence-electron chi connectivity index (χ4n) is 1.32. The normalized spacial score (nSPS) is 12.1. The van der Waals surface area contributed by atoms with Crippen molar-refractivity contribution in [2.75, 3.05) is 18.6 Å². The Bertz CT molecular complexity index is 395. The van der Waals surface area contributed by atoms with Crippen LogP contribution in [0.15, 0.2) is 23.1 Å². The van der Waals surface area contributed by atoms with Crippen molar-refractivity contribution < 1.29 is 14.6 Å². The molecule has 1 atom stereocenters. The third-order valence-electron chi connectivity index (χ3n) is 2.50. The number of nitrogens with two attached hydrogens (primary N) is 1. The zero-order valence-corrected chi connectivity index (χ0v) is 10.8. The molecule has 0 heterocycles. The summed E-state index contributed by atoms with van der Waals surface area (Å²) in [6.07, 6.45) is 0.617. The molecule has 1 aromatic rings. The van der Waals surface area contributed by atoms with Crippen molar-refractivity contribution >= 4 is 23.4 Å². The van der Waals surface area contributed by atoms with Gasteiger partial charge in [-0.15, -0.1) is 11.8 Å². The number of anilines is 1. The van der Waals surface area contributed by atoms with E-state index in [9.17, 15) is 4.79 Å². The largest absolute Gasteiger partial charge is 0.497 e. The van der Waals surface area contributed by atoms with Gasteiger partial charge in [-0.3, -0.25) is 4.79 Å². The molecule has 3 N–H and O–H groups in total. The van der Waals surface area contributed by atoms with Gasteiger partial charge in [-0.2, -0.15) is 0 Å². The number of carbonyl (C=O) groups is 1. The Morgan fingerprint density at radius 2 is 2.29 bits per heavy atom. The van der Waals surface area contributed by atoms with Crippen molar-refractivity contribution in [1.29, 1.82) is 0 Å². The van der Waals surface area contributed by atoms with E-state index in [4.69, 9.17) is 15.6 Å². The number of aliphatic carboxylic acids is 1. The second kappa shape index (κ2) is 6.39. The molecule has 0 bridgehead atoms. The molecule has 0 saturated heterocycles. The maximum atomic E-state index is 10.9. The van der Waals surface area contributed by atoms with Gasteiger partial charge in [0.1, 0.15) is 5.75 Å². The van der Waals surface area contributed by atoms with Gasteiger partial charge in [-0.25, -0.2) is 0 Å². The Morgan fingerprint density at radius 1 is 1.59 bits per heavy atom. The van der Waals surface area contributed by atoms with Gasteiger partial charge < -0.3 is 15.6 Å². The van der Waals surface area contributed by atoms with Crippen molar-refractivity contribution in [2.45, 2.75) is 18.2 Å². The van der Waals surface area contributed by atoms with Gasteiger partial charge in [-0.05, 0) is 24.6 Å². The van der Waals surface area contributed by atoms with Crippen LogP contribution in [0.4, 0.5) is 5.69 Å². The van der Waals surface area contributed by atoms with Crippen LogP contribution in [0.2, 0.25) is 0 Å². The first-order valence-electron chi connectivity index (χ1n) is 5.37. The van der Waals surface area contributed by atoms with Crippen LogP contribution in [-0.2, 0) is 4.79 Å². The highest BCUT2D eigenvalue weighted by molar-refractivity contribution is 7.99. The Morgan fingerprint density at radius 3 is 2.82 bits per heavy atom. The highest BCUT2D eigenvalue weighted by Gasteiger charge is 2.15. The average molecular weight is 255 g/mol. The van der Waals surface area contributed by atoms with Crippen LogP contribution in [-0.4, -0.2) is 23.9 Å². The number of rotatable bonds is 6. The van der Waals surface area contributed by atoms with Crippen molar-refractivity contribution in [3.63, 3.8) is 0 Å². The molecular weight excluding hydrogens is 238 g/mol. The van der Waals surface area contributed by atoms with Crippen LogP contribution in [0.1, 0.15) is 13.3 Å². The smallest absolute Gasteiger partial charge is 0.307 e. The first-order valence-corrected chi connectivity index (χ1v) is 6.36. The van der Waals surface area contributed by atoms with E-state index in [1.54, 1.807) is 19.2 Å². The number of nitrogen functional groups attached to an aromatic ring is 1. The van der Waals surface area contributed by atoms with Gasteiger partial charge in [0.05, 0.1) is 13.0 Å². The summed E-state index contributed by atoms with van der Waals surface area (Å²) in [5, 5.41) is 8.95. The monoisotopic (exact) mass is 255 g/mol. The number of hydrogen-bond donors (Lipinski definition) is 2. The molecule has 1 unspecified atom stereocenters. The first-order chi connectivity index (χ1) is 8.08. The summed E-state index contributed by atoms with van der Waals surface area (Å²) in [5.41, 5.74) is 6.47. The first kappa shape index (κ1) is 13.7. The number of carboxylic acids is 1. The third-order valence-corrected chi connectivity index (χ3v) is 3.74. The Hall–Kier alpha value is -1.36. The lowest BCUT2D eigenvalue weighted by atomic mass is 10.1. The van der Waals surface area contributed by atoms with E-state index < -0.39 is 5.97 Å². The molecule has 0 spiro atoms. The number of thioether (sulfide) groups is 1. The van der Waals surface area contributed by atoms with Crippen molar-refractivity contribution in [2.24, 2.45) is 5.92 Å². The molecule has 0 saturated carbocycles. The van der Waals surface area contributed by atoms with Crippen molar-refractivity contribution in [3.8, 4) is 5.75 Å². The maximum absolute atomic E-state index is 10.9. The molecule has 0 aliphatic rings. The summed E-state index contributed by atoms with van der Waals surface area (Å²) in [4.78, 5) is 11.8. The zero-order valence-electron chi connectivity index (χ0n) is 9.97. The van der Waals surface area contributed by atoms with Crippen LogP contribution >= 0.6 is 11.8 Å². The maximum Gasteiger partial charge on any atom is 0.307 e. The number of benzene rings is 1. The summed E-state index contributed by atoms with van der Waals surface area (Å²) in [7, 11) is 1.59. The minimum absolute atomic E-state index is 0.342. The lowest BCUT2D eigenvalue weighted by Crippen LogP contribution is -2.15. The molecule has 0 aromatic heterocycles. The van der Waals surface area contributed by atoms with Gasteiger partial charge in [0, 0.05) is 16.3 Å². The zero-order chi connectivity index (χ0) is 12.8. The van der Waals surface area contributed by atoms with Crippen LogP contribution in [0.5, 0.6) is 5.75 Å². The molecule has 0 fully saturated rings. The molecule has 1 rings (SSSR count). The molecule has 1 aromatic carbocycles. The fraction of sp³-hybridized carbons (Fsp3) is 0.417. The summed E-state index contributed by atoms with van der Waals surface area (Å²) in [6.45, 7) is 1.87. The highest BCUT2D eigenvalue weighted by atomic mass is 32.2. The van der Waals surface area contributed by atoms with Gasteiger partial charge in [0.2, 0.25) is 0 Å². The van der Waals surface area contributed by atoms with E-state index in [1.165, 1.54) is 11.8 Å². The van der Waals surface area contributed by atoms with E-state index >= 15 is 0 Å². The Kier molecular flexibility index (Phi) is 5.15. The minimum Gasteiger partial charge on any atom is -0.497 e. The minimum atomic E-state index is -0.763. The highest BCUT2D eigenvalue weighted by Crippen LogP contribution is 2.30. The predicted octanol–water partition coefficient (Wildman–Crippen LogP) is 2.48. The molecule has 5 heteroatoms. The van der Waals surface area contributed by atoms with Gasteiger partial charge in [-0.1, -0.05) is 6.92 Å². The van der Waals surface area contributed by atoms with Gasteiger partial charge >= 0.3 is 5.97 Å². The number of hydrogen-bond acceptors (Lipinski definition) is 4. The lowest BCUT2D eigenvalue weighted by molar-refractivity contribution is -0.140. The van der Waals surface area contributed by atoms with Crippen LogP contribution in [0.25, 0.3) is 0 Å². The predicted molar refractivity (Wildman–Crippen MR) is 69.5 cm³/mol. The number of methoxy groups -OCH3 is 1. The molecular formula is C12H17NO3S. The third kappa shape index (κ3) is 3.85. The Labute approximate surface area is 105 Å². The van der Waals surface area contributed by atoms with Crippen molar-refractivity contribution in [1.82, 2.24) is 0 Å². The van der Waals surface area contributed by atoms with Gasteiger partial charge in [0.25, 0.3) is 0 Å². The van der Waals surface area contributed by atoms with E-state index in [0.717, 1.165) is 10.6 Å². The standard InChI is InChI=1S/C12H17NO3S/c1-3-8(12(14)15)7-17-11-6-9(16-2)4-5-10(11)13/h4-6,8H,3,7,13H2,1-2H3,(H,14,15). The number of carboxylic acid groups (broad SMARTS) is 1. The summed E-state index contributed by atoms with van der Waals surface area (Å²) in [6, 6.07) is 5.38. The Balaban J connectivity index is 2.70. The molecule has 0 radical (unpaired) electrons. The SMILES string of the molecule is CCC(CSc1cc(OC)ccc1N)C(=O)O. The topological polar surface area (TPSA) is 72.5 Å². The van der Waals surface area contributed by atoms with Crippen LogP contribution < -0.4 is 10.5 Å². The molecule has 94 valence electrons. The summed E-state index contributed by atoms with van der Waals surface area (Å²) >= 11 is 1.45. The second-order valence-electron chi connectivity index (χ2n) is 3.66. The molecule has 0 amide bonds. The molecule has 0 aliphatic heterocycles. The summed E-state index contributed by atoms with van der Waals surface area (Å²) in [5.74, 6) is 0.139. The molecule has 0 aliphatic carbocycles. The molecule has 17 heavy (non-hydrogen) atoms. The second-order valence-corrected chi connectivity index (χ2v) is 4.72. The summed E-state index contributed by atoms with van der Waals surface area (Å²) < 4.78 is 5.11. The molecule has 4 nitrogen and oxygen atoms in total. The fourth-order valence-corrected chi connectivity index (χ4v) is 2.51. The van der Waals surface area contributed by atoms with E-state index in [0.29, 0.717) is 17.9 Å². The van der Waals surface area contributed by atoms with Crippen LogP contribution in [0.3, 0.4) is 0 Å².